The van der Waals surface area contributed by atoms with Crippen LogP contribution in [0.25, 0.3) is 5.69 Å². The lowest BCUT2D eigenvalue weighted by molar-refractivity contribution is 0.600. The van der Waals surface area contributed by atoms with Gasteiger partial charge in [-0.05, 0) is 62.1 Å². The number of hydrogen-bond acceptors (Lipinski definition) is 3. The molecule has 0 aliphatic heterocycles. The molecular formula is C22H27N3O3S. The molecule has 1 aromatic heterocycles. The lowest BCUT2D eigenvalue weighted by Crippen LogP contribution is -2.21. The zero-order valence-electron chi connectivity index (χ0n) is 17.6. The van der Waals surface area contributed by atoms with Crippen LogP contribution in [0.2, 0.25) is 0 Å². The number of sulfonamides is 1. The summed E-state index contributed by atoms with van der Waals surface area (Å²) in [5.41, 5.74) is 4.52. The van der Waals surface area contributed by atoms with Crippen LogP contribution in [-0.4, -0.2) is 17.8 Å². The van der Waals surface area contributed by atoms with Crippen molar-refractivity contribution in [1.82, 2.24) is 9.36 Å². The summed E-state index contributed by atoms with van der Waals surface area (Å²) in [5, 5.41) is 0. The number of nitrogens with one attached hydrogen (secondary N) is 1. The van der Waals surface area contributed by atoms with Crippen LogP contribution in [0.5, 0.6) is 0 Å². The van der Waals surface area contributed by atoms with E-state index in [1.165, 1.54) is 12.1 Å². The topological polar surface area (TPSA) is 73.1 Å². The van der Waals surface area contributed by atoms with Crippen molar-refractivity contribution in [2.45, 2.75) is 45.4 Å². The van der Waals surface area contributed by atoms with Gasteiger partial charge in [-0.2, -0.15) is 0 Å². The molecule has 0 fully saturated rings. The second kappa shape index (κ2) is 7.55. The quantitative estimate of drug-likeness (QED) is 0.686. The van der Waals surface area contributed by atoms with Gasteiger partial charge in [-0.25, -0.2) is 13.1 Å². The molecule has 1 N–H and O–H groups in total. The maximum atomic E-state index is 12.9. The van der Waals surface area contributed by atoms with Crippen molar-refractivity contribution in [2.75, 3.05) is 4.72 Å². The average molecular weight is 414 g/mol. The van der Waals surface area contributed by atoms with Gasteiger partial charge in [0.05, 0.1) is 16.3 Å². The second-order valence-corrected chi connectivity index (χ2v) is 9.34. The zero-order chi connectivity index (χ0) is 21.5. The van der Waals surface area contributed by atoms with Gasteiger partial charge >= 0.3 is 0 Å². The van der Waals surface area contributed by atoms with Crippen molar-refractivity contribution < 1.29 is 8.42 Å². The molecule has 0 aliphatic rings. The van der Waals surface area contributed by atoms with Gasteiger partial charge in [0.15, 0.2) is 0 Å². The van der Waals surface area contributed by atoms with Crippen molar-refractivity contribution in [3.63, 3.8) is 0 Å². The van der Waals surface area contributed by atoms with Crippen LogP contribution >= 0.6 is 0 Å². The standard InChI is InChI=1S/C22H27N3O3S/c1-14(2)20-17(5)24(6)25(22(20)26)18-10-12-19(13-11-18)29(27,28)23-21-15(3)8-7-9-16(21)4/h7-14,23H,1-6H3. The Bertz CT molecular complexity index is 1200. The van der Waals surface area contributed by atoms with Crippen LogP contribution in [0.15, 0.2) is 52.2 Å². The minimum atomic E-state index is -3.74. The summed E-state index contributed by atoms with van der Waals surface area (Å²) in [6.45, 7) is 9.63. The zero-order valence-corrected chi connectivity index (χ0v) is 18.5. The Morgan fingerprint density at radius 1 is 0.931 bits per heavy atom. The highest BCUT2D eigenvalue weighted by atomic mass is 32.2. The third-order valence-corrected chi connectivity index (χ3v) is 6.65. The molecule has 0 saturated carbocycles. The molecule has 7 heteroatoms. The van der Waals surface area contributed by atoms with E-state index in [1.807, 2.05) is 59.9 Å². The lowest BCUT2D eigenvalue weighted by atomic mass is 10.0. The van der Waals surface area contributed by atoms with Crippen LogP contribution in [0.1, 0.15) is 42.1 Å². The highest BCUT2D eigenvalue weighted by Gasteiger charge is 2.20. The lowest BCUT2D eigenvalue weighted by Gasteiger charge is -2.14. The van der Waals surface area contributed by atoms with Crippen molar-refractivity contribution >= 4 is 15.7 Å². The average Bonchev–Trinajstić information content (AvgIpc) is 2.87. The Labute approximate surface area is 171 Å². The summed E-state index contributed by atoms with van der Waals surface area (Å²) in [6, 6.07) is 12.0. The van der Waals surface area contributed by atoms with E-state index in [4.69, 9.17) is 0 Å². The van der Waals surface area contributed by atoms with E-state index in [0.29, 0.717) is 11.4 Å². The normalized spacial score (nSPS) is 11.8. The van der Waals surface area contributed by atoms with Crippen LogP contribution in [-0.2, 0) is 17.1 Å². The summed E-state index contributed by atoms with van der Waals surface area (Å²) >= 11 is 0. The fraction of sp³-hybridized carbons (Fsp3) is 0.318. The first-order valence-corrected chi connectivity index (χ1v) is 11.0. The third kappa shape index (κ3) is 3.74. The van der Waals surface area contributed by atoms with Crippen LogP contribution in [0, 0.1) is 20.8 Å². The van der Waals surface area contributed by atoms with Gasteiger partial charge in [0.25, 0.3) is 15.6 Å². The Morgan fingerprint density at radius 3 is 1.97 bits per heavy atom. The molecule has 0 amide bonds. The fourth-order valence-electron chi connectivity index (χ4n) is 3.62. The van der Waals surface area contributed by atoms with E-state index in [1.54, 1.807) is 21.5 Å². The number of aromatic nitrogens is 2. The molecule has 3 rings (SSSR count). The first-order chi connectivity index (χ1) is 13.5. The van der Waals surface area contributed by atoms with E-state index >= 15 is 0 Å². The van der Waals surface area contributed by atoms with Gasteiger partial charge in [0, 0.05) is 18.3 Å². The van der Waals surface area contributed by atoms with Crippen molar-refractivity contribution in [3.8, 4) is 5.69 Å². The molecule has 0 saturated heterocycles. The molecular weight excluding hydrogens is 386 g/mol. The van der Waals surface area contributed by atoms with Gasteiger partial charge in [-0.1, -0.05) is 32.0 Å². The van der Waals surface area contributed by atoms with E-state index in [2.05, 4.69) is 4.72 Å². The molecule has 0 spiro atoms. The molecule has 1 heterocycles. The Balaban J connectivity index is 1.99. The van der Waals surface area contributed by atoms with E-state index < -0.39 is 10.0 Å². The molecule has 154 valence electrons. The van der Waals surface area contributed by atoms with Crippen LogP contribution < -0.4 is 10.3 Å². The van der Waals surface area contributed by atoms with Gasteiger partial charge in [0.2, 0.25) is 0 Å². The summed E-state index contributed by atoms with van der Waals surface area (Å²) in [7, 11) is -1.91. The highest BCUT2D eigenvalue weighted by Crippen LogP contribution is 2.24. The van der Waals surface area contributed by atoms with Crippen molar-refractivity contribution in [1.29, 1.82) is 0 Å². The molecule has 0 aliphatic carbocycles. The maximum absolute atomic E-state index is 12.9. The number of rotatable bonds is 5. The van der Waals surface area contributed by atoms with Gasteiger partial charge in [-0.15, -0.1) is 0 Å². The van der Waals surface area contributed by atoms with Crippen LogP contribution in [0.3, 0.4) is 0 Å². The predicted octanol–water partition coefficient (Wildman–Crippen LogP) is 4.03. The number of aryl methyl sites for hydroxylation is 2. The third-order valence-electron chi connectivity index (χ3n) is 5.28. The van der Waals surface area contributed by atoms with Crippen molar-refractivity contribution in [2.24, 2.45) is 7.05 Å². The summed E-state index contributed by atoms with van der Waals surface area (Å²) in [5.74, 6) is 0.108. The largest absolute Gasteiger partial charge is 0.285 e. The molecule has 0 unspecified atom stereocenters. The second-order valence-electron chi connectivity index (χ2n) is 7.66. The molecule has 29 heavy (non-hydrogen) atoms. The monoisotopic (exact) mass is 413 g/mol. The molecule has 0 radical (unpaired) electrons. The highest BCUT2D eigenvalue weighted by molar-refractivity contribution is 7.92. The van der Waals surface area contributed by atoms with E-state index in [-0.39, 0.29) is 16.4 Å². The fourth-order valence-corrected chi connectivity index (χ4v) is 4.82. The van der Waals surface area contributed by atoms with Gasteiger partial charge in [-0.3, -0.25) is 14.2 Å². The smallest absolute Gasteiger partial charge is 0.275 e. The van der Waals surface area contributed by atoms with E-state index in [0.717, 1.165) is 22.4 Å². The molecule has 3 aromatic rings. The number of anilines is 1. The predicted molar refractivity (Wildman–Crippen MR) is 117 cm³/mol. The maximum Gasteiger partial charge on any atom is 0.275 e. The molecule has 0 atom stereocenters. The number of nitrogens with zero attached hydrogens (tertiary/aromatic N) is 2. The summed E-state index contributed by atoms with van der Waals surface area (Å²) in [4.78, 5) is 13.0. The van der Waals surface area contributed by atoms with Gasteiger partial charge < -0.3 is 0 Å². The SMILES string of the molecule is Cc1cccc(C)c1NS(=O)(=O)c1ccc(-n2c(=O)c(C(C)C)c(C)n2C)cc1. The number of para-hydroxylation sites is 1. The van der Waals surface area contributed by atoms with Crippen molar-refractivity contribution in [3.05, 3.63) is 75.2 Å². The molecule has 6 nitrogen and oxygen atoms in total. The molecule has 0 bridgehead atoms. The van der Waals surface area contributed by atoms with Crippen LogP contribution in [0.4, 0.5) is 5.69 Å². The number of hydrogen-bond donors (Lipinski definition) is 1. The Kier molecular flexibility index (Phi) is 5.45. The first-order valence-electron chi connectivity index (χ1n) is 9.52. The Hall–Kier alpha value is -2.80. The van der Waals surface area contributed by atoms with E-state index in [9.17, 15) is 13.2 Å². The minimum Gasteiger partial charge on any atom is -0.285 e. The van der Waals surface area contributed by atoms with Gasteiger partial charge in [0.1, 0.15) is 0 Å². The first kappa shape index (κ1) is 20.9. The summed E-state index contributed by atoms with van der Waals surface area (Å²) < 4.78 is 31.8. The Morgan fingerprint density at radius 2 is 1.48 bits per heavy atom. The summed E-state index contributed by atoms with van der Waals surface area (Å²) in [6.07, 6.45) is 0. The number of benzene rings is 2. The minimum absolute atomic E-state index is 0.0794. The molecule has 2 aromatic carbocycles.